The molecule has 4 rings (SSSR count). The number of carbonyl (C=O) groups excluding carboxylic acids is 1. The summed E-state index contributed by atoms with van der Waals surface area (Å²) in [5.41, 5.74) is 2.37. The SMILES string of the molecule is CSc1nc2cc(C)n(CC(=O)Nc3ccc4c(c3)OCCO4)c2c(=O)n1CC(C)C. The highest BCUT2D eigenvalue weighted by atomic mass is 32.2. The van der Waals surface area contributed by atoms with E-state index in [2.05, 4.69) is 24.1 Å². The number of amides is 1. The summed E-state index contributed by atoms with van der Waals surface area (Å²) < 4.78 is 14.5. The van der Waals surface area contributed by atoms with Crippen LogP contribution in [0.1, 0.15) is 19.5 Å². The maximum Gasteiger partial charge on any atom is 0.278 e. The molecule has 31 heavy (non-hydrogen) atoms. The molecule has 0 radical (unpaired) electrons. The van der Waals surface area contributed by atoms with Gasteiger partial charge in [0.15, 0.2) is 16.7 Å². The third kappa shape index (κ3) is 4.27. The number of fused-ring (bicyclic) bond motifs is 2. The van der Waals surface area contributed by atoms with Gasteiger partial charge in [-0.25, -0.2) is 4.98 Å². The number of nitrogens with one attached hydrogen (secondary N) is 1. The third-order valence-corrected chi connectivity index (χ3v) is 5.71. The van der Waals surface area contributed by atoms with E-state index in [9.17, 15) is 9.59 Å². The molecular weight excluding hydrogens is 416 g/mol. The molecule has 0 saturated carbocycles. The molecule has 1 aliphatic rings. The fourth-order valence-corrected chi connectivity index (χ4v) is 4.27. The number of anilines is 1. The minimum atomic E-state index is -0.235. The van der Waals surface area contributed by atoms with Gasteiger partial charge in [-0.05, 0) is 37.3 Å². The van der Waals surface area contributed by atoms with Gasteiger partial charge in [0.25, 0.3) is 5.56 Å². The number of thioether (sulfide) groups is 1. The summed E-state index contributed by atoms with van der Waals surface area (Å²) in [5.74, 6) is 1.33. The van der Waals surface area contributed by atoms with Gasteiger partial charge >= 0.3 is 0 Å². The van der Waals surface area contributed by atoms with Crippen molar-refractivity contribution in [3.63, 3.8) is 0 Å². The number of aryl methyl sites for hydroxylation is 1. The van der Waals surface area contributed by atoms with E-state index < -0.39 is 0 Å². The van der Waals surface area contributed by atoms with Crippen LogP contribution in [0.5, 0.6) is 11.5 Å². The van der Waals surface area contributed by atoms with Gasteiger partial charge < -0.3 is 19.4 Å². The molecule has 0 bridgehead atoms. The maximum absolute atomic E-state index is 13.3. The van der Waals surface area contributed by atoms with Crippen LogP contribution in [0.15, 0.2) is 34.2 Å². The predicted molar refractivity (Wildman–Crippen MR) is 121 cm³/mol. The fraction of sp³-hybridized carbons (Fsp3) is 0.409. The topological polar surface area (TPSA) is 87.4 Å². The molecule has 164 valence electrons. The van der Waals surface area contributed by atoms with Crippen LogP contribution in [0.2, 0.25) is 0 Å². The van der Waals surface area contributed by atoms with E-state index >= 15 is 0 Å². The van der Waals surface area contributed by atoms with Crippen molar-refractivity contribution in [3.05, 3.63) is 40.3 Å². The lowest BCUT2D eigenvalue weighted by molar-refractivity contribution is -0.116. The smallest absolute Gasteiger partial charge is 0.278 e. The lowest BCUT2D eigenvalue weighted by Gasteiger charge is -2.19. The van der Waals surface area contributed by atoms with Crippen LogP contribution in [0, 0.1) is 12.8 Å². The number of hydrogen-bond donors (Lipinski definition) is 1. The second kappa shape index (κ2) is 8.66. The van der Waals surface area contributed by atoms with Crippen molar-refractivity contribution < 1.29 is 14.3 Å². The first kappa shape index (κ1) is 21.3. The van der Waals surface area contributed by atoms with E-state index in [1.54, 1.807) is 27.3 Å². The standard InChI is InChI=1S/C22H26N4O4S/c1-13(2)11-26-21(28)20-16(24-22(26)31-4)9-14(3)25(20)12-19(27)23-15-5-6-17-18(10-15)30-8-7-29-17/h5-6,9-10,13H,7-8,11-12H2,1-4H3,(H,23,27). The first-order valence-electron chi connectivity index (χ1n) is 10.2. The molecule has 1 aromatic carbocycles. The van der Waals surface area contributed by atoms with Crippen LogP contribution in [0.25, 0.3) is 11.0 Å². The molecule has 0 atom stereocenters. The monoisotopic (exact) mass is 442 g/mol. The molecule has 0 fully saturated rings. The normalized spacial score (nSPS) is 13.1. The van der Waals surface area contributed by atoms with Gasteiger partial charge in [0, 0.05) is 24.0 Å². The Balaban J connectivity index is 1.64. The van der Waals surface area contributed by atoms with E-state index in [1.165, 1.54) is 11.8 Å². The average molecular weight is 443 g/mol. The molecule has 3 aromatic rings. The molecule has 1 N–H and O–H groups in total. The molecule has 8 nitrogen and oxygen atoms in total. The van der Waals surface area contributed by atoms with Gasteiger partial charge in [-0.2, -0.15) is 0 Å². The largest absolute Gasteiger partial charge is 0.486 e. The van der Waals surface area contributed by atoms with Crippen molar-refractivity contribution >= 4 is 34.4 Å². The van der Waals surface area contributed by atoms with E-state index in [1.807, 2.05) is 19.2 Å². The zero-order chi connectivity index (χ0) is 22.1. The van der Waals surface area contributed by atoms with E-state index in [0.717, 1.165) is 5.69 Å². The van der Waals surface area contributed by atoms with Gasteiger partial charge in [0.2, 0.25) is 5.91 Å². The van der Waals surface area contributed by atoms with Gasteiger partial charge in [-0.3, -0.25) is 14.2 Å². The number of benzene rings is 1. The number of hydrogen-bond acceptors (Lipinski definition) is 6. The molecule has 0 spiro atoms. The molecule has 0 unspecified atom stereocenters. The van der Waals surface area contributed by atoms with Crippen LogP contribution in [0.4, 0.5) is 5.69 Å². The first-order valence-corrected chi connectivity index (χ1v) is 11.4. The molecule has 3 heterocycles. The fourth-order valence-electron chi connectivity index (χ4n) is 3.70. The van der Waals surface area contributed by atoms with Crippen molar-refractivity contribution in [1.29, 1.82) is 0 Å². The van der Waals surface area contributed by atoms with E-state index in [-0.39, 0.29) is 18.0 Å². The third-order valence-electron chi connectivity index (χ3n) is 5.04. The Morgan fingerprint density at radius 1 is 1.19 bits per heavy atom. The molecule has 1 aliphatic heterocycles. The van der Waals surface area contributed by atoms with Crippen molar-refractivity contribution in [1.82, 2.24) is 14.1 Å². The van der Waals surface area contributed by atoms with Crippen molar-refractivity contribution in [2.24, 2.45) is 5.92 Å². The molecule has 1 amide bonds. The van der Waals surface area contributed by atoms with Gasteiger partial charge in [-0.15, -0.1) is 0 Å². The zero-order valence-electron chi connectivity index (χ0n) is 18.1. The van der Waals surface area contributed by atoms with Crippen molar-refractivity contribution in [2.45, 2.75) is 39.0 Å². The van der Waals surface area contributed by atoms with Crippen LogP contribution in [0.3, 0.4) is 0 Å². The Labute approximate surface area is 184 Å². The Bertz CT molecular complexity index is 1200. The highest BCUT2D eigenvalue weighted by Gasteiger charge is 2.19. The van der Waals surface area contributed by atoms with Crippen LogP contribution in [-0.4, -0.2) is 39.5 Å². The number of rotatable bonds is 6. The zero-order valence-corrected chi connectivity index (χ0v) is 18.9. The molecule has 0 aliphatic carbocycles. The number of aromatic nitrogens is 3. The van der Waals surface area contributed by atoms with E-state index in [0.29, 0.717) is 59.1 Å². The van der Waals surface area contributed by atoms with Crippen molar-refractivity contribution in [3.8, 4) is 11.5 Å². The van der Waals surface area contributed by atoms with Crippen LogP contribution >= 0.6 is 11.8 Å². The average Bonchev–Trinajstić information content (AvgIpc) is 3.04. The lowest BCUT2D eigenvalue weighted by atomic mass is 10.2. The summed E-state index contributed by atoms with van der Waals surface area (Å²) >= 11 is 1.45. The highest BCUT2D eigenvalue weighted by molar-refractivity contribution is 7.98. The number of ether oxygens (including phenoxy) is 2. The maximum atomic E-state index is 13.3. The summed E-state index contributed by atoms with van der Waals surface area (Å²) in [4.78, 5) is 30.8. The van der Waals surface area contributed by atoms with Gasteiger partial charge in [0.05, 0.1) is 5.52 Å². The summed E-state index contributed by atoms with van der Waals surface area (Å²) in [7, 11) is 0. The minimum absolute atomic E-state index is 0.0149. The van der Waals surface area contributed by atoms with Crippen LogP contribution in [-0.2, 0) is 17.9 Å². The first-order chi connectivity index (χ1) is 14.9. The second-order valence-electron chi connectivity index (χ2n) is 7.92. The quantitative estimate of drug-likeness (QED) is 0.466. The number of nitrogens with zero attached hydrogens (tertiary/aromatic N) is 3. The van der Waals surface area contributed by atoms with Crippen LogP contribution < -0.4 is 20.3 Å². The van der Waals surface area contributed by atoms with Crippen molar-refractivity contribution in [2.75, 3.05) is 24.8 Å². The molecular formula is C22H26N4O4S. The highest BCUT2D eigenvalue weighted by Crippen LogP contribution is 2.32. The minimum Gasteiger partial charge on any atom is -0.486 e. The second-order valence-corrected chi connectivity index (χ2v) is 8.69. The summed E-state index contributed by atoms with van der Waals surface area (Å²) in [6.45, 7) is 7.58. The summed E-state index contributed by atoms with van der Waals surface area (Å²) in [6, 6.07) is 7.15. The molecule has 9 heteroatoms. The predicted octanol–water partition coefficient (Wildman–Crippen LogP) is 3.29. The number of carbonyl (C=O) groups is 1. The Morgan fingerprint density at radius 3 is 2.65 bits per heavy atom. The Morgan fingerprint density at radius 2 is 1.94 bits per heavy atom. The Hall–Kier alpha value is -2.94. The van der Waals surface area contributed by atoms with Gasteiger partial charge in [0.1, 0.15) is 25.3 Å². The molecule has 2 aromatic heterocycles. The van der Waals surface area contributed by atoms with E-state index in [4.69, 9.17) is 9.47 Å². The lowest BCUT2D eigenvalue weighted by Crippen LogP contribution is -2.28. The summed E-state index contributed by atoms with van der Waals surface area (Å²) in [6.07, 6.45) is 1.91. The summed E-state index contributed by atoms with van der Waals surface area (Å²) in [5, 5.41) is 3.57. The van der Waals surface area contributed by atoms with Gasteiger partial charge in [-0.1, -0.05) is 25.6 Å². The molecule has 0 saturated heterocycles. The Kier molecular flexibility index (Phi) is 5.95.